The van der Waals surface area contributed by atoms with Crippen LogP contribution in [0.15, 0.2) is 30.3 Å². The first kappa shape index (κ1) is 16.6. The Kier molecular flexibility index (Phi) is 6.01. The van der Waals surface area contributed by atoms with Crippen LogP contribution >= 0.6 is 11.6 Å². The lowest BCUT2D eigenvalue weighted by Gasteiger charge is -2.30. The van der Waals surface area contributed by atoms with Crippen molar-refractivity contribution in [1.29, 1.82) is 0 Å². The van der Waals surface area contributed by atoms with Crippen molar-refractivity contribution in [2.24, 2.45) is 5.92 Å². The average Bonchev–Trinajstić information content (AvgIpc) is 2.53. The van der Waals surface area contributed by atoms with E-state index in [1.54, 1.807) is 36.1 Å². The normalized spacial score (nSPS) is 16.0. The Morgan fingerprint density at radius 3 is 2.73 bits per heavy atom. The van der Waals surface area contributed by atoms with Crippen molar-refractivity contribution in [3.63, 3.8) is 0 Å². The lowest BCUT2D eigenvalue weighted by molar-refractivity contribution is -0.150. The Hall–Kier alpha value is -1.81. The van der Waals surface area contributed by atoms with Gasteiger partial charge in [-0.1, -0.05) is 23.7 Å². The van der Waals surface area contributed by atoms with Gasteiger partial charge in [0.25, 0.3) is 0 Å². The number of hydrogen-bond donors (Lipinski definition) is 0. The van der Waals surface area contributed by atoms with Gasteiger partial charge in [0, 0.05) is 24.2 Å². The first-order valence-electron chi connectivity index (χ1n) is 7.49. The summed E-state index contributed by atoms with van der Waals surface area (Å²) in [5, 5.41) is 0.643. The van der Waals surface area contributed by atoms with Gasteiger partial charge in [-0.3, -0.25) is 9.59 Å². The number of nitrogens with zero attached hydrogens (tertiary/aromatic N) is 1. The summed E-state index contributed by atoms with van der Waals surface area (Å²) in [5.41, 5.74) is 0.891. The van der Waals surface area contributed by atoms with Crippen LogP contribution in [-0.2, 0) is 14.3 Å². The fraction of sp³-hybridized carbons (Fsp3) is 0.412. The van der Waals surface area contributed by atoms with Gasteiger partial charge in [0.1, 0.15) is 0 Å². The van der Waals surface area contributed by atoms with Crippen molar-refractivity contribution < 1.29 is 14.3 Å². The number of carbonyl (C=O) groups excluding carboxylic acids is 2. The fourth-order valence-electron chi connectivity index (χ4n) is 2.48. The number of amides is 1. The van der Waals surface area contributed by atoms with E-state index in [4.69, 9.17) is 16.3 Å². The Morgan fingerprint density at radius 2 is 2.09 bits per heavy atom. The molecule has 1 aromatic carbocycles. The van der Waals surface area contributed by atoms with Gasteiger partial charge < -0.3 is 9.64 Å². The molecule has 0 N–H and O–H groups in total. The second-order valence-corrected chi connectivity index (χ2v) is 5.68. The second-order valence-electron chi connectivity index (χ2n) is 5.24. The molecule has 5 heteroatoms. The van der Waals surface area contributed by atoms with Crippen molar-refractivity contribution >= 4 is 29.6 Å². The summed E-state index contributed by atoms with van der Waals surface area (Å²) < 4.78 is 5.02. The largest absolute Gasteiger partial charge is 0.466 e. The van der Waals surface area contributed by atoms with E-state index in [0.29, 0.717) is 37.6 Å². The molecule has 1 aromatic rings. The molecule has 2 rings (SSSR count). The van der Waals surface area contributed by atoms with Crippen LogP contribution in [0.2, 0.25) is 5.02 Å². The predicted octanol–water partition coefficient (Wildman–Crippen LogP) is 3.15. The number of piperidine rings is 1. The summed E-state index contributed by atoms with van der Waals surface area (Å²) in [5.74, 6) is -0.271. The van der Waals surface area contributed by atoms with Crippen molar-refractivity contribution in [3.05, 3.63) is 40.9 Å². The van der Waals surface area contributed by atoms with E-state index in [1.165, 1.54) is 0 Å². The van der Waals surface area contributed by atoms with Crippen molar-refractivity contribution in [2.75, 3.05) is 19.7 Å². The van der Waals surface area contributed by atoms with Gasteiger partial charge in [-0.2, -0.15) is 0 Å². The third kappa shape index (κ3) is 4.60. The molecular weight excluding hydrogens is 302 g/mol. The molecule has 0 radical (unpaired) electrons. The van der Waals surface area contributed by atoms with Gasteiger partial charge in [-0.15, -0.1) is 0 Å². The van der Waals surface area contributed by atoms with Crippen LogP contribution in [0.4, 0.5) is 0 Å². The first-order chi connectivity index (χ1) is 10.6. The smallest absolute Gasteiger partial charge is 0.309 e. The van der Waals surface area contributed by atoms with Crippen molar-refractivity contribution in [1.82, 2.24) is 4.90 Å². The topological polar surface area (TPSA) is 46.6 Å². The van der Waals surface area contributed by atoms with Crippen LogP contribution in [0.1, 0.15) is 25.3 Å². The minimum Gasteiger partial charge on any atom is -0.466 e. The van der Waals surface area contributed by atoms with Gasteiger partial charge in [-0.05, 0) is 43.5 Å². The molecule has 118 valence electrons. The SMILES string of the molecule is CCOC(=O)C1CCN(C(=O)/C=C/c2cccc(Cl)c2)CC1. The molecule has 0 bridgehead atoms. The maximum Gasteiger partial charge on any atom is 0.309 e. The molecule has 1 saturated heterocycles. The highest BCUT2D eigenvalue weighted by molar-refractivity contribution is 6.30. The van der Waals surface area contributed by atoms with E-state index in [2.05, 4.69) is 0 Å². The minimum absolute atomic E-state index is 0.0396. The second kappa shape index (κ2) is 7.99. The van der Waals surface area contributed by atoms with Crippen LogP contribution in [0, 0.1) is 5.92 Å². The molecule has 4 nitrogen and oxygen atoms in total. The number of ether oxygens (including phenoxy) is 1. The standard InChI is InChI=1S/C17H20ClNO3/c1-2-22-17(21)14-8-10-19(11-9-14)16(20)7-6-13-4-3-5-15(18)12-13/h3-7,12,14H,2,8-11H2,1H3/b7-6+. The predicted molar refractivity (Wildman–Crippen MR) is 86.4 cm³/mol. The Morgan fingerprint density at radius 1 is 1.36 bits per heavy atom. The highest BCUT2D eigenvalue weighted by Gasteiger charge is 2.27. The quantitative estimate of drug-likeness (QED) is 0.632. The van der Waals surface area contributed by atoms with E-state index in [1.807, 2.05) is 12.1 Å². The van der Waals surface area contributed by atoms with Crippen molar-refractivity contribution in [3.8, 4) is 0 Å². The Bertz CT molecular complexity index is 563. The highest BCUT2D eigenvalue weighted by atomic mass is 35.5. The number of halogens is 1. The summed E-state index contributed by atoms with van der Waals surface area (Å²) in [6.07, 6.45) is 4.63. The average molecular weight is 322 g/mol. The zero-order valence-electron chi connectivity index (χ0n) is 12.6. The lowest BCUT2D eigenvalue weighted by Crippen LogP contribution is -2.39. The molecule has 1 heterocycles. The van der Waals surface area contributed by atoms with Gasteiger partial charge in [-0.25, -0.2) is 0 Å². The Labute approximate surface area is 135 Å². The number of benzene rings is 1. The zero-order chi connectivity index (χ0) is 15.9. The maximum atomic E-state index is 12.1. The van der Waals surface area contributed by atoms with Crippen LogP contribution in [0.3, 0.4) is 0 Å². The van der Waals surface area contributed by atoms with Gasteiger partial charge in [0.05, 0.1) is 12.5 Å². The monoisotopic (exact) mass is 321 g/mol. The van der Waals surface area contributed by atoms with E-state index in [-0.39, 0.29) is 17.8 Å². The molecule has 0 atom stereocenters. The van der Waals surface area contributed by atoms with Gasteiger partial charge in [0.2, 0.25) is 5.91 Å². The summed E-state index contributed by atoms with van der Waals surface area (Å²) in [4.78, 5) is 25.6. The molecule has 1 aliphatic rings. The maximum absolute atomic E-state index is 12.1. The van der Waals surface area contributed by atoms with Crippen LogP contribution in [-0.4, -0.2) is 36.5 Å². The van der Waals surface area contributed by atoms with E-state index >= 15 is 0 Å². The molecule has 0 spiro atoms. The summed E-state index contributed by atoms with van der Waals surface area (Å²) >= 11 is 5.91. The number of esters is 1. The van der Waals surface area contributed by atoms with E-state index < -0.39 is 0 Å². The Balaban J connectivity index is 1.86. The summed E-state index contributed by atoms with van der Waals surface area (Å²) in [7, 11) is 0. The lowest BCUT2D eigenvalue weighted by atomic mass is 9.97. The molecule has 0 unspecified atom stereocenters. The summed E-state index contributed by atoms with van der Waals surface area (Å²) in [6, 6.07) is 7.33. The van der Waals surface area contributed by atoms with E-state index in [0.717, 1.165) is 5.56 Å². The third-order valence-corrected chi connectivity index (χ3v) is 3.93. The highest BCUT2D eigenvalue weighted by Crippen LogP contribution is 2.19. The third-order valence-electron chi connectivity index (χ3n) is 3.69. The molecule has 1 fully saturated rings. The molecule has 0 saturated carbocycles. The zero-order valence-corrected chi connectivity index (χ0v) is 13.4. The first-order valence-corrected chi connectivity index (χ1v) is 7.87. The number of likely N-dealkylation sites (tertiary alicyclic amines) is 1. The van der Waals surface area contributed by atoms with Gasteiger partial charge in [0.15, 0.2) is 0 Å². The summed E-state index contributed by atoms with van der Waals surface area (Å²) in [6.45, 7) is 3.38. The van der Waals surface area contributed by atoms with Gasteiger partial charge >= 0.3 is 5.97 Å². The number of hydrogen-bond acceptors (Lipinski definition) is 3. The number of carbonyl (C=O) groups is 2. The molecule has 0 aliphatic carbocycles. The minimum atomic E-state index is -0.149. The van der Waals surface area contributed by atoms with Crippen LogP contribution in [0.25, 0.3) is 6.08 Å². The fourth-order valence-corrected chi connectivity index (χ4v) is 2.68. The molecular formula is C17H20ClNO3. The van der Waals surface area contributed by atoms with E-state index in [9.17, 15) is 9.59 Å². The number of rotatable bonds is 4. The molecule has 22 heavy (non-hydrogen) atoms. The van der Waals surface area contributed by atoms with Crippen LogP contribution in [0.5, 0.6) is 0 Å². The molecule has 1 amide bonds. The van der Waals surface area contributed by atoms with Crippen molar-refractivity contribution in [2.45, 2.75) is 19.8 Å². The molecule has 1 aliphatic heterocycles. The van der Waals surface area contributed by atoms with Crippen LogP contribution < -0.4 is 0 Å². The molecule has 0 aromatic heterocycles.